The molecule has 1 fully saturated rings. The molecule has 5 heteroatoms. The van der Waals surface area contributed by atoms with E-state index < -0.39 is 0 Å². The van der Waals surface area contributed by atoms with Crippen LogP contribution in [0.3, 0.4) is 0 Å². The summed E-state index contributed by atoms with van der Waals surface area (Å²) >= 11 is 0. The lowest BCUT2D eigenvalue weighted by Gasteiger charge is -2.34. The van der Waals surface area contributed by atoms with Gasteiger partial charge in [-0.1, -0.05) is 30.3 Å². The fourth-order valence-electron chi connectivity index (χ4n) is 2.26. The van der Waals surface area contributed by atoms with Crippen LogP contribution < -0.4 is 0 Å². The van der Waals surface area contributed by atoms with Gasteiger partial charge in [-0.25, -0.2) is 0 Å². The molecule has 1 heterocycles. The molecule has 19 heavy (non-hydrogen) atoms. The van der Waals surface area contributed by atoms with Gasteiger partial charge in [0.15, 0.2) is 0 Å². The molecule has 0 bridgehead atoms. The molecule has 0 unspecified atom stereocenters. The molecular formula is C14H20ClNO3. The van der Waals surface area contributed by atoms with Crippen LogP contribution in [0.5, 0.6) is 0 Å². The third-order valence-corrected chi connectivity index (χ3v) is 3.26. The molecular weight excluding hydrogens is 266 g/mol. The quantitative estimate of drug-likeness (QED) is 0.794. The van der Waals surface area contributed by atoms with Crippen molar-refractivity contribution < 1.29 is 14.3 Å². The average molecular weight is 286 g/mol. The molecule has 1 saturated heterocycles. The van der Waals surface area contributed by atoms with Gasteiger partial charge in [0, 0.05) is 19.1 Å². The van der Waals surface area contributed by atoms with E-state index in [1.54, 1.807) is 0 Å². The number of hydrogen-bond acceptors (Lipinski definition) is 4. The summed E-state index contributed by atoms with van der Waals surface area (Å²) in [6, 6.07) is 10.2. The van der Waals surface area contributed by atoms with Gasteiger partial charge in [-0.15, -0.1) is 12.4 Å². The second kappa shape index (κ2) is 8.15. The van der Waals surface area contributed by atoms with Crippen molar-refractivity contribution in [2.24, 2.45) is 0 Å². The van der Waals surface area contributed by atoms with Gasteiger partial charge in [0.2, 0.25) is 0 Å². The minimum Gasteiger partial charge on any atom is -0.469 e. The van der Waals surface area contributed by atoms with Crippen molar-refractivity contribution in [3.05, 3.63) is 35.9 Å². The SMILES string of the molecule is COC(=O)C[C@@H](c1ccccc1)N1CCOCC1.Cl. The van der Waals surface area contributed by atoms with Crippen LogP contribution in [0.15, 0.2) is 30.3 Å². The molecule has 1 aliphatic rings. The second-order valence-corrected chi connectivity index (χ2v) is 4.36. The third-order valence-electron chi connectivity index (χ3n) is 3.26. The molecule has 0 aromatic heterocycles. The predicted molar refractivity (Wildman–Crippen MR) is 75.5 cm³/mol. The molecule has 4 nitrogen and oxygen atoms in total. The molecule has 1 atom stereocenters. The van der Waals surface area contributed by atoms with Crippen molar-refractivity contribution in [1.29, 1.82) is 0 Å². The van der Waals surface area contributed by atoms with Crippen LogP contribution in [-0.4, -0.2) is 44.3 Å². The number of methoxy groups -OCH3 is 1. The summed E-state index contributed by atoms with van der Waals surface area (Å²) in [5, 5.41) is 0. The first kappa shape index (κ1) is 16.0. The fraction of sp³-hybridized carbons (Fsp3) is 0.500. The van der Waals surface area contributed by atoms with Gasteiger partial charge in [-0.2, -0.15) is 0 Å². The first-order valence-electron chi connectivity index (χ1n) is 6.25. The molecule has 0 amide bonds. The summed E-state index contributed by atoms with van der Waals surface area (Å²) in [5.41, 5.74) is 1.16. The lowest BCUT2D eigenvalue weighted by molar-refractivity contribution is -0.142. The Hall–Kier alpha value is -1.10. The summed E-state index contributed by atoms with van der Waals surface area (Å²) in [4.78, 5) is 13.8. The minimum atomic E-state index is -0.171. The van der Waals surface area contributed by atoms with Crippen molar-refractivity contribution in [2.75, 3.05) is 33.4 Å². The number of hydrogen-bond donors (Lipinski definition) is 0. The highest BCUT2D eigenvalue weighted by Gasteiger charge is 2.25. The van der Waals surface area contributed by atoms with Crippen LogP contribution in [-0.2, 0) is 14.3 Å². The number of morpholine rings is 1. The predicted octanol–water partition coefficient (Wildman–Crippen LogP) is 2.04. The minimum absolute atomic E-state index is 0. The van der Waals surface area contributed by atoms with Crippen LogP contribution in [0.25, 0.3) is 0 Å². The maximum Gasteiger partial charge on any atom is 0.307 e. The lowest BCUT2D eigenvalue weighted by Crippen LogP contribution is -2.40. The Labute approximate surface area is 120 Å². The van der Waals surface area contributed by atoms with Crippen LogP contribution in [0.2, 0.25) is 0 Å². The zero-order chi connectivity index (χ0) is 12.8. The topological polar surface area (TPSA) is 38.8 Å². The smallest absolute Gasteiger partial charge is 0.307 e. The molecule has 0 N–H and O–H groups in total. The van der Waals surface area contributed by atoms with E-state index in [9.17, 15) is 4.79 Å². The Balaban J connectivity index is 0.00000180. The number of ether oxygens (including phenoxy) is 2. The third kappa shape index (κ3) is 4.49. The van der Waals surface area contributed by atoms with E-state index in [-0.39, 0.29) is 24.4 Å². The van der Waals surface area contributed by atoms with Crippen LogP contribution in [0.1, 0.15) is 18.0 Å². The van der Waals surface area contributed by atoms with Crippen molar-refractivity contribution >= 4 is 18.4 Å². The van der Waals surface area contributed by atoms with Crippen LogP contribution >= 0.6 is 12.4 Å². The van der Waals surface area contributed by atoms with E-state index >= 15 is 0 Å². The number of halogens is 1. The molecule has 0 spiro atoms. The Morgan fingerprint density at radius 3 is 2.53 bits per heavy atom. The fourth-order valence-corrected chi connectivity index (χ4v) is 2.26. The molecule has 1 aliphatic heterocycles. The van der Waals surface area contributed by atoms with E-state index in [0.717, 1.165) is 31.9 Å². The number of rotatable bonds is 4. The van der Waals surface area contributed by atoms with Gasteiger partial charge in [0.05, 0.1) is 26.7 Å². The highest BCUT2D eigenvalue weighted by Crippen LogP contribution is 2.25. The first-order valence-corrected chi connectivity index (χ1v) is 6.25. The maximum atomic E-state index is 11.6. The summed E-state index contributed by atoms with van der Waals surface area (Å²) in [6.07, 6.45) is 0.389. The van der Waals surface area contributed by atoms with Gasteiger partial charge in [0.1, 0.15) is 0 Å². The number of carbonyl (C=O) groups excluding carboxylic acids is 1. The van der Waals surface area contributed by atoms with Crippen LogP contribution in [0, 0.1) is 0 Å². The lowest BCUT2D eigenvalue weighted by atomic mass is 10.0. The summed E-state index contributed by atoms with van der Waals surface area (Å²) in [6.45, 7) is 3.17. The maximum absolute atomic E-state index is 11.6. The molecule has 0 radical (unpaired) electrons. The number of nitrogens with zero attached hydrogens (tertiary/aromatic N) is 1. The Morgan fingerprint density at radius 1 is 1.32 bits per heavy atom. The number of benzene rings is 1. The zero-order valence-electron chi connectivity index (χ0n) is 11.1. The van der Waals surface area contributed by atoms with E-state index in [2.05, 4.69) is 17.0 Å². The Morgan fingerprint density at radius 2 is 1.95 bits per heavy atom. The largest absolute Gasteiger partial charge is 0.469 e. The Bertz CT molecular complexity index is 380. The van der Waals surface area contributed by atoms with Gasteiger partial charge in [-0.3, -0.25) is 9.69 Å². The van der Waals surface area contributed by atoms with Gasteiger partial charge < -0.3 is 9.47 Å². The summed E-state index contributed by atoms with van der Waals surface area (Å²) < 4.78 is 10.2. The van der Waals surface area contributed by atoms with Gasteiger partial charge in [-0.05, 0) is 5.56 Å². The molecule has 0 aliphatic carbocycles. The number of esters is 1. The first-order chi connectivity index (χ1) is 8.81. The summed E-state index contributed by atoms with van der Waals surface area (Å²) in [5.74, 6) is -0.171. The number of carbonyl (C=O) groups is 1. The van der Waals surface area contributed by atoms with Crippen molar-refractivity contribution in [2.45, 2.75) is 12.5 Å². The highest BCUT2D eigenvalue weighted by molar-refractivity contribution is 5.85. The van der Waals surface area contributed by atoms with E-state index in [4.69, 9.17) is 9.47 Å². The van der Waals surface area contributed by atoms with Crippen molar-refractivity contribution in [3.63, 3.8) is 0 Å². The molecule has 106 valence electrons. The second-order valence-electron chi connectivity index (χ2n) is 4.36. The molecule has 1 aromatic rings. The standard InChI is InChI=1S/C14H19NO3.ClH/c1-17-14(16)11-13(12-5-3-2-4-6-12)15-7-9-18-10-8-15;/h2-6,13H,7-11H2,1H3;1H/t13-;/m0./s1. The highest BCUT2D eigenvalue weighted by atomic mass is 35.5. The van der Waals surface area contributed by atoms with Crippen molar-refractivity contribution in [1.82, 2.24) is 4.90 Å². The monoisotopic (exact) mass is 285 g/mol. The Kier molecular flexibility index (Phi) is 6.84. The van der Waals surface area contributed by atoms with E-state index in [1.165, 1.54) is 7.11 Å². The average Bonchev–Trinajstić information content (AvgIpc) is 2.46. The van der Waals surface area contributed by atoms with Gasteiger partial charge >= 0.3 is 5.97 Å². The normalized spacial score (nSPS) is 17.3. The van der Waals surface area contributed by atoms with Crippen LogP contribution in [0.4, 0.5) is 0 Å². The molecule has 1 aromatic carbocycles. The summed E-state index contributed by atoms with van der Waals surface area (Å²) in [7, 11) is 1.43. The molecule has 0 saturated carbocycles. The van der Waals surface area contributed by atoms with Crippen molar-refractivity contribution in [3.8, 4) is 0 Å². The van der Waals surface area contributed by atoms with E-state index in [0.29, 0.717) is 6.42 Å². The zero-order valence-corrected chi connectivity index (χ0v) is 11.9. The van der Waals surface area contributed by atoms with Gasteiger partial charge in [0.25, 0.3) is 0 Å². The molecule has 2 rings (SSSR count). The van der Waals surface area contributed by atoms with E-state index in [1.807, 2.05) is 18.2 Å².